The zero-order valence-electron chi connectivity index (χ0n) is 6.95. The number of benzene rings is 1. The highest BCUT2D eigenvalue weighted by Gasteiger charge is 2.32. The van der Waals surface area contributed by atoms with Crippen LogP contribution in [0.3, 0.4) is 0 Å². The van der Waals surface area contributed by atoms with E-state index < -0.39 is 32.5 Å². The highest BCUT2D eigenvalue weighted by molar-refractivity contribution is 14.2. The maximum atomic E-state index is 12.4. The molecule has 0 bridgehead atoms. The first kappa shape index (κ1) is 10.7. The lowest BCUT2D eigenvalue weighted by Gasteiger charge is -2.09. The molecule has 0 radical (unpaired) electrons. The zero-order valence-corrected chi connectivity index (χ0v) is 9.11. The zero-order chi connectivity index (χ0) is 10.1. The monoisotopic (exact) mass is 300 g/mol. The summed E-state index contributed by atoms with van der Waals surface area (Å²) < 4.78 is 41.0. The van der Waals surface area contributed by atoms with Gasteiger partial charge in [0.1, 0.15) is 0 Å². The Labute approximate surface area is 84.5 Å². The molecular weight excluding hydrogens is 292 g/mol. The van der Waals surface area contributed by atoms with Crippen molar-refractivity contribution in [1.82, 2.24) is 0 Å². The first-order valence-corrected chi connectivity index (χ1v) is 6.12. The first-order chi connectivity index (χ1) is 5.95. The van der Waals surface area contributed by atoms with Crippen molar-refractivity contribution in [1.29, 1.82) is 0 Å². The van der Waals surface area contributed by atoms with Crippen molar-refractivity contribution in [3.8, 4) is 0 Å². The van der Waals surface area contributed by atoms with Crippen molar-refractivity contribution in [2.75, 3.05) is 0 Å². The third-order valence-corrected chi connectivity index (χ3v) is 3.29. The Balaban J connectivity index is 3.29. The Morgan fingerprint density at radius 1 is 1.31 bits per heavy atom. The van der Waals surface area contributed by atoms with Crippen LogP contribution in [0.25, 0.3) is 0 Å². The molecule has 0 aliphatic carbocycles. The van der Waals surface area contributed by atoms with Crippen molar-refractivity contribution >= 4 is 25.2 Å². The number of halogens is 4. The minimum atomic E-state index is -4.24. The fourth-order valence-corrected chi connectivity index (χ4v) is 2.57. The summed E-state index contributed by atoms with van der Waals surface area (Å²) in [5.74, 6) is 0. The van der Waals surface area contributed by atoms with E-state index in [-0.39, 0.29) is 0 Å². The molecule has 1 aromatic rings. The molecule has 0 heterocycles. The normalized spacial score (nSPS) is 11.7. The molecule has 0 atom stereocenters. The van der Waals surface area contributed by atoms with E-state index in [0.29, 0.717) is 3.57 Å². The van der Waals surface area contributed by atoms with Crippen LogP contribution < -0.4 is 0 Å². The van der Waals surface area contributed by atoms with Gasteiger partial charge in [-0.15, -0.1) is 0 Å². The predicted octanol–water partition coefficient (Wildman–Crippen LogP) is 3.59. The van der Waals surface area contributed by atoms with Gasteiger partial charge in [0.2, 0.25) is 0 Å². The van der Waals surface area contributed by atoms with Gasteiger partial charge in [-0.1, -0.05) is 36.9 Å². The minimum absolute atomic E-state index is 0.367. The van der Waals surface area contributed by atoms with E-state index in [9.17, 15) is 13.2 Å². The van der Waals surface area contributed by atoms with Crippen LogP contribution in [-0.4, -0.2) is 4.51 Å². The fraction of sp³-hybridized carbons (Fsp3) is 0.222. The molecule has 0 nitrogen and oxygen atoms in total. The number of alkyl halides is 3. The Morgan fingerprint density at radius 2 is 1.92 bits per heavy atom. The smallest absolute Gasteiger partial charge is 0.166 e. The number of hydrogen-bond acceptors (Lipinski definition) is 0. The third kappa shape index (κ3) is 2.52. The van der Waals surface area contributed by atoms with Crippen LogP contribution in [0.4, 0.5) is 13.2 Å². The molecule has 0 aliphatic heterocycles. The summed E-state index contributed by atoms with van der Waals surface area (Å²) in [6.45, 7) is 1.78. The quantitative estimate of drug-likeness (QED) is 0.695. The van der Waals surface area contributed by atoms with Crippen molar-refractivity contribution in [2.45, 2.75) is 13.1 Å². The summed E-state index contributed by atoms with van der Waals surface area (Å²) in [7, 11) is 0. The summed E-state index contributed by atoms with van der Waals surface area (Å²) in [5.41, 5.74) is 0.326. The Hall–Kier alpha value is -0.390. The number of rotatable bonds is 1. The molecule has 4 heteroatoms. The Kier molecular flexibility index (Phi) is 3.10. The minimum Gasteiger partial charge on any atom is -0.166 e. The molecule has 0 aliphatic rings. The number of aryl methyl sites for hydroxylation is 1. The van der Waals surface area contributed by atoms with E-state index >= 15 is 0 Å². The molecule has 0 fully saturated rings. The van der Waals surface area contributed by atoms with Gasteiger partial charge in [0.25, 0.3) is 0 Å². The summed E-state index contributed by atoms with van der Waals surface area (Å²) in [4.78, 5) is 0. The van der Waals surface area contributed by atoms with Gasteiger partial charge in [-0.3, -0.25) is 0 Å². The highest BCUT2D eigenvalue weighted by Crippen LogP contribution is 2.34. The SMILES string of the molecule is C=Ic1cc(C)ccc1C(F)(F)F. The molecule has 0 aromatic heterocycles. The van der Waals surface area contributed by atoms with Crippen molar-refractivity contribution in [3.63, 3.8) is 0 Å². The van der Waals surface area contributed by atoms with Crippen molar-refractivity contribution in [3.05, 3.63) is 32.9 Å². The van der Waals surface area contributed by atoms with E-state index in [1.54, 1.807) is 13.0 Å². The lowest BCUT2D eigenvalue weighted by Crippen LogP contribution is -2.07. The molecule has 0 saturated carbocycles. The van der Waals surface area contributed by atoms with Crippen LogP contribution in [0.5, 0.6) is 0 Å². The van der Waals surface area contributed by atoms with Crippen LogP contribution in [-0.2, 0) is 6.18 Å². The standard InChI is InChI=1S/C9H8F3I/c1-6-3-4-7(9(10,11)12)8(5-6)13-2/h3-5H,2H2,1H3. The third-order valence-electron chi connectivity index (χ3n) is 1.57. The second-order valence-corrected chi connectivity index (χ2v) is 4.54. The largest absolute Gasteiger partial charge is 0.417 e. The van der Waals surface area contributed by atoms with Crippen LogP contribution >= 0.6 is 20.7 Å². The molecule has 0 N–H and O–H groups in total. The predicted molar refractivity (Wildman–Crippen MR) is 56.0 cm³/mol. The average Bonchev–Trinajstić information content (AvgIpc) is 2.01. The summed E-state index contributed by atoms with van der Waals surface area (Å²) in [5, 5.41) is 0. The Morgan fingerprint density at radius 3 is 2.38 bits per heavy atom. The van der Waals surface area contributed by atoms with E-state index in [2.05, 4.69) is 4.51 Å². The summed E-state index contributed by atoms with van der Waals surface area (Å²) >= 11 is -0.765. The molecular formula is C9H8F3I. The Bertz CT molecular complexity index is 328. The molecule has 13 heavy (non-hydrogen) atoms. The maximum absolute atomic E-state index is 12.4. The van der Waals surface area contributed by atoms with Gasteiger partial charge in [0, 0.05) is 3.57 Å². The van der Waals surface area contributed by atoms with Crippen LogP contribution in [0, 0.1) is 10.5 Å². The van der Waals surface area contributed by atoms with Crippen LogP contribution in [0.15, 0.2) is 18.2 Å². The fourth-order valence-electron chi connectivity index (χ4n) is 0.961. The second kappa shape index (κ2) is 3.77. The topological polar surface area (TPSA) is 0 Å². The molecule has 1 rings (SSSR count). The average molecular weight is 300 g/mol. The van der Waals surface area contributed by atoms with Gasteiger partial charge in [-0.2, -0.15) is 13.2 Å². The van der Waals surface area contributed by atoms with Gasteiger partial charge in [0.15, 0.2) is 0 Å². The van der Waals surface area contributed by atoms with Gasteiger partial charge >= 0.3 is 6.18 Å². The van der Waals surface area contributed by atoms with E-state index in [1.807, 2.05) is 0 Å². The van der Waals surface area contributed by atoms with E-state index in [1.165, 1.54) is 6.07 Å². The summed E-state index contributed by atoms with van der Waals surface area (Å²) in [6.07, 6.45) is -4.24. The van der Waals surface area contributed by atoms with Gasteiger partial charge in [-0.25, -0.2) is 0 Å². The molecule has 1 aromatic carbocycles. The molecule has 0 saturated heterocycles. The lowest BCUT2D eigenvalue weighted by atomic mass is 10.1. The molecule has 72 valence electrons. The second-order valence-electron chi connectivity index (χ2n) is 2.61. The van der Waals surface area contributed by atoms with Gasteiger partial charge in [-0.05, 0) is 19.1 Å². The summed E-state index contributed by atoms with van der Waals surface area (Å²) in [6, 6.07) is 4.18. The molecule has 0 amide bonds. The van der Waals surface area contributed by atoms with Crippen molar-refractivity contribution < 1.29 is 13.2 Å². The highest BCUT2D eigenvalue weighted by atomic mass is 127. The number of hydrogen-bond donors (Lipinski definition) is 0. The van der Waals surface area contributed by atoms with E-state index in [4.69, 9.17) is 0 Å². The van der Waals surface area contributed by atoms with Gasteiger partial charge in [0.05, 0.1) is 5.56 Å². The molecule has 0 spiro atoms. The van der Waals surface area contributed by atoms with Gasteiger partial charge < -0.3 is 0 Å². The van der Waals surface area contributed by atoms with Crippen LogP contribution in [0.1, 0.15) is 11.1 Å². The molecule has 0 unspecified atom stereocenters. The van der Waals surface area contributed by atoms with E-state index in [0.717, 1.165) is 11.6 Å². The maximum Gasteiger partial charge on any atom is 0.417 e. The first-order valence-electron chi connectivity index (χ1n) is 3.51. The van der Waals surface area contributed by atoms with Crippen LogP contribution in [0.2, 0.25) is 0 Å². The lowest BCUT2D eigenvalue weighted by molar-refractivity contribution is -0.138. The van der Waals surface area contributed by atoms with Crippen molar-refractivity contribution in [2.24, 2.45) is 0 Å².